The molecule has 0 bridgehead atoms. The molecule has 2 aromatic carbocycles. The topological polar surface area (TPSA) is 76.7 Å². The van der Waals surface area contributed by atoms with Gasteiger partial charge in [0.1, 0.15) is 11.5 Å². The lowest BCUT2D eigenvalue weighted by atomic mass is 10.2. The zero-order valence-electron chi connectivity index (χ0n) is 15.2. The third-order valence-corrected chi connectivity index (χ3v) is 3.42. The summed E-state index contributed by atoms with van der Waals surface area (Å²) in [7, 11) is 0. The van der Waals surface area contributed by atoms with E-state index in [1.165, 1.54) is 0 Å². The van der Waals surface area contributed by atoms with Crippen molar-refractivity contribution in [2.45, 2.75) is 33.4 Å². The van der Waals surface area contributed by atoms with Gasteiger partial charge in [-0.05, 0) is 39.0 Å². The lowest BCUT2D eigenvalue weighted by Gasteiger charge is -2.15. The molecule has 0 spiro atoms. The van der Waals surface area contributed by atoms with Crippen molar-refractivity contribution in [3.63, 3.8) is 0 Å². The van der Waals surface area contributed by atoms with Gasteiger partial charge in [-0.25, -0.2) is 0 Å². The third kappa shape index (κ3) is 5.51. The highest BCUT2D eigenvalue weighted by atomic mass is 16.5. The fourth-order valence-corrected chi connectivity index (χ4v) is 2.30. The first-order chi connectivity index (χ1) is 12.5. The van der Waals surface area contributed by atoms with Gasteiger partial charge in [0.25, 0.3) is 0 Å². The highest BCUT2D eigenvalue weighted by Gasteiger charge is 2.16. The molecule has 0 saturated heterocycles. The quantitative estimate of drug-likeness (QED) is 0.747. The second kappa shape index (κ2) is 9.46. The van der Waals surface area contributed by atoms with Crippen molar-refractivity contribution in [3.05, 3.63) is 54.1 Å². The van der Waals surface area contributed by atoms with Crippen LogP contribution in [0.3, 0.4) is 0 Å². The molecule has 2 N–H and O–H groups in total. The Bertz CT molecular complexity index is 759. The fourth-order valence-electron chi connectivity index (χ4n) is 2.30. The molecule has 6 heteroatoms. The number of benzene rings is 2. The van der Waals surface area contributed by atoms with Crippen molar-refractivity contribution in [2.24, 2.45) is 0 Å². The van der Waals surface area contributed by atoms with Crippen LogP contribution in [-0.4, -0.2) is 24.5 Å². The number of carbonyl (C=O) groups excluding carboxylic acids is 2. The van der Waals surface area contributed by atoms with Gasteiger partial charge in [-0.15, -0.1) is 0 Å². The maximum atomic E-state index is 12.1. The standard InChI is InChI=1S/C20H24N2O4/c1-4-25-18-12-8-6-10-16(18)22-20(24)19(23)21-13-15-9-5-7-11-17(15)26-14(2)3/h5-12,14H,4,13H2,1-3H3,(H,21,23)(H,22,24). The van der Waals surface area contributed by atoms with Gasteiger partial charge in [0.15, 0.2) is 0 Å². The van der Waals surface area contributed by atoms with Crippen LogP contribution in [0.25, 0.3) is 0 Å². The van der Waals surface area contributed by atoms with E-state index in [4.69, 9.17) is 9.47 Å². The summed E-state index contributed by atoms with van der Waals surface area (Å²) < 4.78 is 11.1. The minimum atomic E-state index is -0.751. The largest absolute Gasteiger partial charge is 0.492 e. The van der Waals surface area contributed by atoms with Crippen molar-refractivity contribution in [3.8, 4) is 11.5 Å². The minimum absolute atomic E-state index is 0.0187. The number of anilines is 1. The van der Waals surface area contributed by atoms with E-state index in [1.807, 2.05) is 45.0 Å². The van der Waals surface area contributed by atoms with E-state index < -0.39 is 11.8 Å². The number of ether oxygens (including phenoxy) is 2. The Hall–Kier alpha value is -3.02. The molecule has 6 nitrogen and oxygen atoms in total. The van der Waals surface area contributed by atoms with Gasteiger partial charge in [0.2, 0.25) is 0 Å². The molecular weight excluding hydrogens is 332 g/mol. The van der Waals surface area contributed by atoms with E-state index in [1.54, 1.807) is 24.3 Å². The molecule has 138 valence electrons. The number of amides is 2. The van der Waals surface area contributed by atoms with Crippen LogP contribution in [0.5, 0.6) is 11.5 Å². The van der Waals surface area contributed by atoms with Gasteiger partial charge < -0.3 is 20.1 Å². The number of rotatable bonds is 7. The predicted molar refractivity (Wildman–Crippen MR) is 100 cm³/mol. The van der Waals surface area contributed by atoms with Crippen molar-refractivity contribution in [1.29, 1.82) is 0 Å². The van der Waals surface area contributed by atoms with Gasteiger partial charge >= 0.3 is 11.8 Å². The van der Waals surface area contributed by atoms with Gasteiger partial charge in [-0.1, -0.05) is 30.3 Å². The number of hydrogen-bond donors (Lipinski definition) is 2. The molecule has 2 aromatic rings. The van der Waals surface area contributed by atoms with E-state index in [0.29, 0.717) is 23.8 Å². The molecule has 0 fully saturated rings. The predicted octanol–water partition coefficient (Wildman–Crippen LogP) is 3.13. The number of para-hydroxylation sites is 3. The molecule has 0 aliphatic carbocycles. The highest BCUT2D eigenvalue weighted by molar-refractivity contribution is 6.39. The summed E-state index contributed by atoms with van der Waals surface area (Å²) in [6, 6.07) is 14.4. The summed E-state index contributed by atoms with van der Waals surface area (Å²) in [6.07, 6.45) is 0.0187. The van der Waals surface area contributed by atoms with Crippen LogP contribution in [0.15, 0.2) is 48.5 Å². The Morgan fingerprint density at radius 2 is 1.62 bits per heavy atom. The van der Waals surface area contributed by atoms with Crippen molar-refractivity contribution in [1.82, 2.24) is 5.32 Å². The molecule has 26 heavy (non-hydrogen) atoms. The zero-order valence-corrected chi connectivity index (χ0v) is 15.2. The van der Waals surface area contributed by atoms with Crippen molar-refractivity contribution < 1.29 is 19.1 Å². The summed E-state index contributed by atoms with van der Waals surface area (Å²) >= 11 is 0. The Morgan fingerprint density at radius 3 is 2.31 bits per heavy atom. The monoisotopic (exact) mass is 356 g/mol. The summed E-state index contributed by atoms with van der Waals surface area (Å²) in [4.78, 5) is 24.3. The van der Waals surface area contributed by atoms with Gasteiger partial charge in [-0.3, -0.25) is 9.59 Å². The van der Waals surface area contributed by atoms with Crippen molar-refractivity contribution in [2.75, 3.05) is 11.9 Å². The molecule has 0 atom stereocenters. The van der Waals surface area contributed by atoms with Crippen LogP contribution in [0.4, 0.5) is 5.69 Å². The maximum Gasteiger partial charge on any atom is 0.313 e. The highest BCUT2D eigenvalue weighted by Crippen LogP contribution is 2.23. The lowest BCUT2D eigenvalue weighted by molar-refractivity contribution is -0.136. The Balaban J connectivity index is 1.97. The first-order valence-corrected chi connectivity index (χ1v) is 8.56. The van der Waals surface area contributed by atoms with E-state index in [9.17, 15) is 9.59 Å². The Kier molecular flexibility index (Phi) is 7.02. The SMILES string of the molecule is CCOc1ccccc1NC(=O)C(=O)NCc1ccccc1OC(C)C. The molecule has 0 aromatic heterocycles. The average Bonchev–Trinajstić information content (AvgIpc) is 2.62. The van der Waals surface area contributed by atoms with Gasteiger partial charge in [-0.2, -0.15) is 0 Å². The molecule has 0 unspecified atom stereocenters. The van der Waals surface area contributed by atoms with E-state index in [0.717, 1.165) is 5.56 Å². The maximum absolute atomic E-state index is 12.1. The zero-order chi connectivity index (χ0) is 18.9. The third-order valence-electron chi connectivity index (χ3n) is 3.42. The van der Waals surface area contributed by atoms with Crippen LogP contribution in [0, 0.1) is 0 Å². The van der Waals surface area contributed by atoms with Crippen LogP contribution in [-0.2, 0) is 16.1 Å². The summed E-state index contributed by atoms with van der Waals surface area (Å²) in [6.45, 7) is 6.37. The van der Waals surface area contributed by atoms with Crippen molar-refractivity contribution >= 4 is 17.5 Å². The lowest BCUT2D eigenvalue weighted by Crippen LogP contribution is -2.35. The summed E-state index contributed by atoms with van der Waals surface area (Å²) in [5, 5.41) is 5.18. The molecule has 0 heterocycles. The molecule has 0 saturated carbocycles. The fraction of sp³-hybridized carbons (Fsp3) is 0.300. The Labute approximate surface area is 153 Å². The molecular formula is C20H24N2O4. The minimum Gasteiger partial charge on any atom is -0.492 e. The van der Waals surface area contributed by atoms with Crippen LogP contribution >= 0.6 is 0 Å². The van der Waals surface area contributed by atoms with Crippen LogP contribution in [0.2, 0.25) is 0 Å². The first kappa shape index (κ1) is 19.3. The average molecular weight is 356 g/mol. The second-order valence-corrected chi connectivity index (χ2v) is 5.84. The molecule has 2 amide bonds. The molecule has 0 radical (unpaired) electrons. The number of hydrogen-bond acceptors (Lipinski definition) is 4. The van der Waals surface area contributed by atoms with Gasteiger partial charge in [0.05, 0.1) is 18.4 Å². The number of carbonyl (C=O) groups is 2. The smallest absolute Gasteiger partial charge is 0.313 e. The van der Waals surface area contributed by atoms with Crippen LogP contribution in [0.1, 0.15) is 26.3 Å². The van der Waals surface area contributed by atoms with Crippen LogP contribution < -0.4 is 20.1 Å². The first-order valence-electron chi connectivity index (χ1n) is 8.56. The summed E-state index contributed by atoms with van der Waals surface area (Å²) in [5.41, 5.74) is 1.26. The molecule has 2 rings (SSSR count). The number of nitrogens with one attached hydrogen (secondary N) is 2. The van der Waals surface area contributed by atoms with E-state index >= 15 is 0 Å². The molecule has 0 aliphatic heterocycles. The second-order valence-electron chi connectivity index (χ2n) is 5.84. The van der Waals surface area contributed by atoms with E-state index in [-0.39, 0.29) is 12.6 Å². The Morgan fingerprint density at radius 1 is 0.962 bits per heavy atom. The van der Waals surface area contributed by atoms with E-state index in [2.05, 4.69) is 10.6 Å². The molecule has 0 aliphatic rings. The van der Waals surface area contributed by atoms with Gasteiger partial charge in [0, 0.05) is 12.1 Å². The summed E-state index contributed by atoms with van der Waals surface area (Å²) in [5.74, 6) is -0.271. The normalized spacial score (nSPS) is 10.3.